The normalized spacial score (nSPS) is 10.3. The van der Waals surface area contributed by atoms with Crippen LogP contribution in [0.15, 0.2) is 18.2 Å². The minimum Gasteiger partial charge on any atom is -0.382 e. The van der Waals surface area contributed by atoms with Crippen LogP contribution in [0.3, 0.4) is 0 Å². The number of hydrogen-bond acceptors (Lipinski definition) is 2. The lowest BCUT2D eigenvalue weighted by atomic mass is 10.3. The van der Waals surface area contributed by atoms with Gasteiger partial charge in [-0.1, -0.05) is 17.7 Å². The minimum atomic E-state index is -0.320. The molecule has 2 nitrogen and oxygen atoms in total. The summed E-state index contributed by atoms with van der Waals surface area (Å²) in [6, 6.07) is 4.63. The summed E-state index contributed by atoms with van der Waals surface area (Å²) in [6.07, 6.45) is 0.832. The lowest BCUT2D eigenvalue weighted by Gasteiger charge is -2.09. The standard InChI is InChI=1S/C11H15ClFNO/c1-2-15-8-4-7-14-11-9(12)5-3-6-10(11)13/h3,5-6,14H,2,4,7-8H2,1H3. The largest absolute Gasteiger partial charge is 0.382 e. The van der Waals surface area contributed by atoms with Gasteiger partial charge in [0.15, 0.2) is 0 Å². The van der Waals surface area contributed by atoms with Crippen LogP contribution in [0.4, 0.5) is 10.1 Å². The molecule has 0 bridgehead atoms. The van der Waals surface area contributed by atoms with Crippen LogP contribution in [0.1, 0.15) is 13.3 Å². The first-order chi connectivity index (χ1) is 7.25. The van der Waals surface area contributed by atoms with Crippen LogP contribution in [-0.4, -0.2) is 19.8 Å². The Balaban J connectivity index is 2.37. The Labute approximate surface area is 94.4 Å². The molecule has 0 aromatic heterocycles. The molecule has 0 radical (unpaired) electrons. The fraction of sp³-hybridized carbons (Fsp3) is 0.455. The van der Waals surface area contributed by atoms with E-state index in [4.69, 9.17) is 16.3 Å². The summed E-state index contributed by atoms with van der Waals surface area (Å²) >= 11 is 5.84. The predicted octanol–water partition coefficient (Wildman–Crippen LogP) is 3.32. The van der Waals surface area contributed by atoms with Gasteiger partial charge in [-0.05, 0) is 25.5 Å². The lowest BCUT2D eigenvalue weighted by molar-refractivity contribution is 0.147. The number of halogens is 2. The lowest BCUT2D eigenvalue weighted by Crippen LogP contribution is -2.07. The minimum absolute atomic E-state index is 0.320. The second-order valence-electron chi connectivity index (χ2n) is 3.07. The quantitative estimate of drug-likeness (QED) is 0.759. The molecular weight excluding hydrogens is 217 g/mol. The van der Waals surface area contributed by atoms with Crippen LogP contribution >= 0.6 is 11.6 Å². The molecule has 1 aromatic rings. The molecule has 0 aliphatic rings. The van der Waals surface area contributed by atoms with Crippen molar-refractivity contribution in [1.82, 2.24) is 0 Å². The summed E-state index contributed by atoms with van der Waals surface area (Å²) in [4.78, 5) is 0. The maximum absolute atomic E-state index is 13.2. The van der Waals surface area contributed by atoms with E-state index in [9.17, 15) is 4.39 Å². The molecule has 0 fully saturated rings. The SMILES string of the molecule is CCOCCCNc1c(F)cccc1Cl. The summed E-state index contributed by atoms with van der Waals surface area (Å²) in [5.41, 5.74) is 0.371. The maximum atomic E-state index is 13.2. The highest BCUT2D eigenvalue weighted by Gasteiger charge is 2.04. The molecule has 0 unspecified atom stereocenters. The first kappa shape index (κ1) is 12.3. The number of anilines is 1. The maximum Gasteiger partial charge on any atom is 0.147 e. The van der Waals surface area contributed by atoms with Gasteiger partial charge in [-0.3, -0.25) is 0 Å². The van der Waals surface area contributed by atoms with Crippen LogP contribution in [0, 0.1) is 5.82 Å². The fourth-order valence-electron chi connectivity index (χ4n) is 1.20. The average Bonchev–Trinajstić information content (AvgIpc) is 2.21. The van der Waals surface area contributed by atoms with Gasteiger partial charge >= 0.3 is 0 Å². The van der Waals surface area contributed by atoms with Crippen molar-refractivity contribution in [2.75, 3.05) is 25.1 Å². The molecule has 0 spiro atoms. The molecule has 1 N–H and O–H groups in total. The third-order valence-electron chi connectivity index (χ3n) is 1.93. The fourth-order valence-corrected chi connectivity index (χ4v) is 1.43. The van der Waals surface area contributed by atoms with Crippen molar-refractivity contribution in [3.05, 3.63) is 29.0 Å². The van der Waals surface area contributed by atoms with E-state index < -0.39 is 0 Å². The molecule has 0 heterocycles. The third kappa shape index (κ3) is 4.06. The predicted molar refractivity (Wildman–Crippen MR) is 61.0 cm³/mol. The third-order valence-corrected chi connectivity index (χ3v) is 2.25. The summed E-state index contributed by atoms with van der Waals surface area (Å²) in [5.74, 6) is -0.320. The van der Waals surface area contributed by atoms with E-state index in [1.807, 2.05) is 6.92 Å². The zero-order valence-electron chi connectivity index (χ0n) is 8.72. The molecule has 1 rings (SSSR count). The van der Waals surface area contributed by atoms with E-state index in [0.717, 1.165) is 6.42 Å². The van der Waals surface area contributed by atoms with Gasteiger partial charge in [0.25, 0.3) is 0 Å². The number of para-hydroxylation sites is 1. The Morgan fingerprint density at radius 1 is 1.47 bits per heavy atom. The van der Waals surface area contributed by atoms with Crippen LogP contribution in [-0.2, 0) is 4.74 Å². The summed E-state index contributed by atoms with van der Waals surface area (Å²) in [6.45, 7) is 3.98. The molecule has 0 atom stereocenters. The van der Waals surface area contributed by atoms with Crippen molar-refractivity contribution < 1.29 is 9.13 Å². The second-order valence-corrected chi connectivity index (χ2v) is 3.48. The van der Waals surface area contributed by atoms with Gasteiger partial charge in [0, 0.05) is 19.8 Å². The van der Waals surface area contributed by atoms with Gasteiger partial charge in [-0.2, -0.15) is 0 Å². The average molecular weight is 232 g/mol. The number of rotatable bonds is 6. The molecule has 0 aliphatic heterocycles. The second kappa shape index (κ2) is 6.64. The molecule has 1 aromatic carbocycles. The van der Waals surface area contributed by atoms with E-state index in [1.165, 1.54) is 6.07 Å². The van der Waals surface area contributed by atoms with E-state index in [2.05, 4.69) is 5.32 Å². The highest BCUT2D eigenvalue weighted by Crippen LogP contribution is 2.24. The molecule has 4 heteroatoms. The van der Waals surface area contributed by atoms with Crippen molar-refractivity contribution in [3.8, 4) is 0 Å². The van der Waals surface area contributed by atoms with Gasteiger partial charge in [0.2, 0.25) is 0 Å². The number of hydrogen-bond donors (Lipinski definition) is 1. The number of ether oxygens (including phenoxy) is 1. The topological polar surface area (TPSA) is 21.3 Å². The smallest absolute Gasteiger partial charge is 0.147 e. The van der Waals surface area contributed by atoms with Gasteiger partial charge in [0.05, 0.1) is 10.7 Å². The highest BCUT2D eigenvalue weighted by atomic mass is 35.5. The van der Waals surface area contributed by atoms with Crippen LogP contribution in [0.2, 0.25) is 5.02 Å². The zero-order valence-corrected chi connectivity index (χ0v) is 9.48. The number of benzene rings is 1. The summed E-state index contributed by atoms with van der Waals surface area (Å²) < 4.78 is 18.4. The molecule has 84 valence electrons. The van der Waals surface area contributed by atoms with Crippen molar-refractivity contribution in [2.45, 2.75) is 13.3 Å². The molecule has 0 amide bonds. The summed E-state index contributed by atoms with van der Waals surface area (Å²) in [5, 5.41) is 3.36. The van der Waals surface area contributed by atoms with Gasteiger partial charge in [-0.15, -0.1) is 0 Å². The Kier molecular flexibility index (Phi) is 5.43. The molecule has 0 saturated carbocycles. The first-order valence-electron chi connectivity index (χ1n) is 5.01. The molecular formula is C11H15ClFNO. The van der Waals surface area contributed by atoms with Gasteiger partial charge in [0.1, 0.15) is 5.82 Å². The van der Waals surface area contributed by atoms with Crippen molar-refractivity contribution in [1.29, 1.82) is 0 Å². The zero-order chi connectivity index (χ0) is 11.1. The number of nitrogens with one attached hydrogen (secondary N) is 1. The monoisotopic (exact) mass is 231 g/mol. The van der Waals surface area contributed by atoms with E-state index in [0.29, 0.717) is 30.5 Å². The van der Waals surface area contributed by atoms with E-state index >= 15 is 0 Å². The van der Waals surface area contributed by atoms with Crippen molar-refractivity contribution in [3.63, 3.8) is 0 Å². The molecule has 0 saturated heterocycles. The van der Waals surface area contributed by atoms with Crippen LogP contribution in [0.25, 0.3) is 0 Å². The Morgan fingerprint density at radius 3 is 2.93 bits per heavy atom. The summed E-state index contributed by atoms with van der Waals surface area (Å²) in [7, 11) is 0. The van der Waals surface area contributed by atoms with Crippen LogP contribution in [0.5, 0.6) is 0 Å². The van der Waals surface area contributed by atoms with E-state index in [-0.39, 0.29) is 5.82 Å². The Bertz CT molecular complexity index is 286. The van der Waals surface area contributed by atoms with Crippen molar-refractivity contribution in [2.24, 2.45) is 0 Å². The Hall–Kier alpha value is -0.800. The Morgan fingerprint density at radius 2 is 2.27 bits per heavy atom. The highest BCUT2D eigenvalue weighted by molar-refractivity contribution is 6.33. The van der Waals surface area contributed by atoms with Crippen LogP contribution < -0.4 is 5.32 Å². The molecule has 0 aliphatic carbocycles. The van der Waals surface area contributed by atoms with E-state index in [1.54, 1.807) is 12.1 Å². The van der Waals surface area contributed by atoms with Crippen molar-refractivity contribution >= 4 is 17.3 Å². The van der Waals surface area contributed by atoms with Gasteiger partial charge in [-0.25, -0.2) is 4.39 Å². The molecule has 15 heavy (non-hydrogen) atoms. The van der Waals surface area contributed by atoms with Gasteiger partial charge < -0.3 is 10.1 Å². The first-order valence-corrected chi connectivity index (χ1v) is 5.39.